The Bertz CT molecular complexity index is 882. The Balaban J connectivity index is 1.46. The average molecular weight is 346 g/mol. The maximum absolute atomic E-state index is 5.33. The number of nitrogens with zero attached hydrogens (tertiary/aromatic N) is 3. The normalized spacial score (nSPS) is 13.2. The summed E-state index contributed by atoms with van der Waals surface area (Å²) < 4.78 is 5.33. The van der Waals surface area contributed by atoms with E-state index in [2.05, 4.69) is 44.5 Å². The highest BCUT2D eigenvalue weighted by Gasteiger charge is 2.18. The standard InChI is InChI=1S/C21H22N4O/c1-26-19-8-7-18-14-25(10-9-17(18)11-19)21-12-20(23-15-24-21)22-13-16-5-3-2-4-6-16/h2-8,11-12,15H,9-10,13-14H2,1H3,(H,22,23,24). The fraction of sp³-hybridized carbons (Fsp3) is 0.238. The SMILES string of the molecule is COc1ccc2c(c1)CCN(c1cc(NCc3ccccc3)ncn1)C2. The second-order valence-electron chi connectivity index (χ2n) is 6.41. The molecule has 132 valence electrons. The Morgan fingerprint density at radius 1 is 1.04 bits per heavy atom. The first-order valence-corrected chi connectivity index (χ1v) is 8.82. The van der Waals surface area contributed by atoms with Crippen molar-refractivity contribution in [1.82, 2.24) is 9.97 Å². The molecule has 0 unspecified atom stereocenters. The second kappa shape index (κ2) is 7.44. The lowest BCUT2D eigenvalue weighted by Gasteiger charge is -2.30. The van der Waals surface area contributed by atoms with Gasteiger partial charge in [0.2, 0.25) is 0 Å². The van der Waals surface area contributed by atoms with Gasteiger partial charge in [-0.05, 0) is 35.2 Å². The van der Waals surface area contributed by atoms with Crippen LogP contribution in [0.25, 0.3) is 0 Å². The van der Waals surface area contributed by atoms with Crippen LogP contribution < -0.4 is 15.0 Å². The molecule has 5 nitrogen and oxygen atoms in total. The van der Waals surface area contributed by atoms with Gasteiger partial charge in [-0.1, -0.05) is 36.4 Å². The van der Waals surface area contributed by atoms with E-state index in [4.69, 9.17) is 4.74 Å². The van der Waals surface area contributed by atoms with Gasteiger partial charge in [0, 0.05) is 25.7 Å². The monoisotopic (exact) mass is 346 g/mol. The maximum Gasteiger partial charge on any atom is 0.134 e. The molecule has 5 heteroatoms. The zero-order valence-electron chi connectivity index (χ0n) is 14.9. The number of benzene rings is 2. The minimum Gasteiger partial charge on any atom is -0.497 e. The van der Waals surface area contributed by atoms with E-state index in [0.717, 1.165) is 43.4 Å². The Kier molecular flexibility index (Phi) is 4.69. The molecule has 0 bridgehead atoms. The van der Waals surface area contributed by atoms with Gasteiger partial charge >= 0.3 is 0 Å². The topological polar surface area (TPSA) is 50.3 Å². The third kappa shape index (κ3) is 3.61. The minimum atomic E-state index is 0.750. The van der Waals surface area contributed by atoms with Crippen molar-refractivity contribution in [2.75, 3.05) is 23.9 Å². The number of nitrogens with one attached hydrogen (secondary N) is 1. The van der Waals surface area contributed by atoms with Crippen LogP contribution in [0.4, 0.5) is 11.6 Å². The van der Waals surface area contributed by atoms with Gasteiger partial charge in [0.15, 0.2) is 0 Å². The lowest BCUT2D eigenvalue weighted by Crippen LogP contribution is -2.31. The van der Waals surface area contributed by atoms with E-state index >= 15 is 0 Å². The van der Waals surface area contributed by atoms with Crippen LogP contribution >= 0.6 is 0 Å². The van der Waals surface area contributed by atoms with E-state index in [-0.39, 0.29) is 0 Å². The molecule has 0 amide bonds. The number of rotatable bonds is 5. The molecule has 1 N–H and O–H groups in total. The number of hydrogen-bond donors (Lipinski definition) is 1. The van der Waals surface area contributed by atoms with Crippen molar-refractivity contribution in [3.8, 4) is 5.75 Å². The number of aromatic nitrogens is 2. The quantitative estimate of drug-likeness (QED) is 0.764. The zero-order valence-corrected chi connectivity index (χ0v) is 14.9. The summed E-state index contributed by atoms with van der Waals surface area (Å²) in [4.78, 5) is 11.1. The molecule has 26 heavy (non-hydrogen) atoms. The molecule has 0 fully saturated rings. The predicted octanol–water partition coefficient (Wildman–Crippen LogP) is 3.66. The predicted molar refractivity (Wildman–Crippen MR) is 104 cm³/mol. The summed E-state index contributed by atoms with van der Waals surface area (Å²) >= 11 is 0. The maximum atomic E-state index is 5.33. The molecule has 0 saturated heterocycles. The van der Waals surface area contributed by atoms with Crippen molar-refractivity contribution in [3.63, 3.8) is 0 Å². The van der Waals surface area contributed by atoms with Gasteiger partial charge in [-0.25, -0.2) is 9.97 Å². The summed E-state index contributed by atoms with van der Waals surface area (Å²) in [6.45, 7) is 2.55. The van der Waals surface area contributed by atoms with Crippen molar-refractivity contribution in [3.05, 3.63) is 77.6 Å². The fourth-order valence-electron chi connectivity index (χ4n) is 3.26. The van der Waals surface area contributed by atoms with Gasteiger partial charge in [-0.15, -0.1) is 0 Å². The highest BCUT2D eigenvalue weighted by Crippen LogP contribution is 2.27. The lowest BCUT2D eigenvalue weighted by atomic mass is 9.99. The first kappa shape index (κ1) is 16.4. The minimum absolute atomic E-state index is 0.750. The number of methoxy groups -OCH3 is 1. The number of anilines is 2. The third-order valence-electron chi connectivity index (χ3n) is 4.72. The van der Waals surface area contributed by atoms with E-state index in [9.17, 15) is 0 Å². The van der Waals surface area contributed by atoms with Crippen LogP contribution in [0.2, 0.25) is 0 Å². The van der Waals surface area contributed by atoms with Crippen molar-refractivity contribution in [1.29, 1.82) is 0 Å². The van der Waals surface area contributed by atoms with Gasteiger partial charge in [-0.2, -0.15) is 0 Å². The Labute approximate surface area is 153 Å². The van der Waals surface area contributed by atoms with Crippen molar-refractivity contribution >= 4 is 11.6 Å². The Morgan fingerprint density at radius 3 is 2.77 bits per heavy atom. The lowest BCUT2D eigenvalue weighted by molar-refractivity contribution is 0.413. The molecular weight excluding hydrogens is 324 g/mol. The second-order valence-corrected chi connectivity index (χ2v) is 6.41. The number of ether oxygens (including phenoxy) is 1. The first-order valence-electron chi connectivity index (χ1n) is 8.82. The van der Waals surface area contributed by atoms with Crippen LogP contribution in [-0.4, -0.2) is 23.6 Å². The Hall–Kier alpha value is -3.08. The molecule has 0 saturated carbocycles. The summed E-state index contributed by atoms with van der Waals surface area (Å²) in [5.74, 6) is 2.73. The van der Waals surface area contributed by atoms with Gasteiger partial charge in [-0.3, -0.25) is 0 Å². The van der Waals surface area contributed by atoms with Gasteiger partial charge in [0.05, 0.1) is 7.11 Å². The number of hydrogen-bond acceptors (Lipinski definition) is 5. The molecule has 4 rings (SSSR count). The van der Waals surface area contributed by atoms with E-state index in [1.807, 2.05) is 30.3 Å². The highest BCUT2D eigenvalue weighted by atomic mass is 16.5. The van der Waals surface area contributed by atoms with E-state index in [1.165, 1.54) is 16.7 Å². The molecule has 0 radical (unpaired) electrons. The summed E-state index contributed by atoms with van der Waals surface area (Å²) in [5.41, 5.74) is 3.92. The summed E-state index contributed by atoms with van der Waals surface area (Å²) in [6.07, 6.45) is 2.62. The molecule has 2 heterocycles. The third-order valence-corrected chi connectivity index (χ3v) is 4.72. The first-order chi connectivity index (χ1) is 12.8. The summed E-state index contributed by atoms with van der Waals surface area (Å²) in [6, 6.07) is 18.7. The van der Waals surface area contributed by atoms with Crippen LogP contribution in [-0.2, 0) is 19.5 Å². The summed E-state index contributed by atoms with van der Waals surface area (Å²) in [7, 11) is 1.71. The van der Waals surface area contributed by atoms with Gasteiger partial charge in [0.1, 0.15) is 23.7 Å². The fourth-order valence-corrected chi connectivity index (χ4v) is 3.26. The number of fused-ring (bicyclic) bond motifs is 1. The molecule has 0 aliphatic carbocycles. The van der Waals surface area contributed by atoms with Crippen molar-refractivity contribution in [2.24, 2.45) is 0 Å². The molecule has 1 aliphatic heterocycles. The van der Waals surface area contributed by atoms with Crippen LogP contribution in [0.15, 0.2) is 60.9 Å². The zero-order chi connectivity index (χ0) is 17.8. The molecule has 0 atom stereocenters. The van der Waals surface area contributed by atoms with Crippen LogP contribution in [0.5, 0.6) is 5.75 Å². The summed E-state index contributed by atoms with van der Waals surface area (Å²) in [5, 5.41) is 3.38. The van der Waals surface area contributed by atoms with Crippen molar-refractivity contribution in [2.45, 2.75) is 19.5 Å². The largest absolute Gasteiger partial charge is 0.497 e. The van der Waals surface area contributed by atoms with Crippen LogP contribution in [0, 0.1) is 0 Å². The van der Waals surface area contributed by atoms with Gasteiger partial charge in [0.25, 0.3) is 0 Å². The average Bonchev–Trinajstić information content (AvgIpc) is 2.72. The Morgan fingerprint density at radius 2 is 1.92 bits per heavy atom. The highest BCUT2D eigenvalue weighted by molar-refractivity contribution is 5.51. The molecular formula is C21H22N4O. The van der Waals surface area contributed by atoms with Crippen LogP contribution in [0.1, 0.15) is 16.7 Å². The molecule has 3 aromatic rings. The molecule has 1 aromatic heterocycles. The van der Waals surface area contributed by atoms with E-state index in [1.54, 1.807) is 13.4 Å². The van der Waals surface area contributed by atoms with Crippen LogP contribution in [0.3, 0.4) is 0 Å². The van der Waals surface area contributed by atoms with Gasteiger partial charge < -0.3 is 15.0 Å². The van der Waals surface area contributed by atoms with E-state index < -0.39 is 0 Å². The molecule has 2 aromatic carbocycles. The smallest absolute Gasteiger partial charge is 0.134 e. The molecule has 0 spiro atoms. The van der Waals surface area contributed by atoms with E-state index in [0.29, 0.717) is 0 Å². The van der Waals surface area contributed by atoms with Crippen molar-refractivity contribution < 1.29 is 4.74 Å². The molecule has 1 aliphatic rings.